The van der Waals surface area contributed by atoms with E-state index in [4.69, 9.17) is 34.8 Å². The molecule has 2 amide bonds. The van der Waals surface area contributed by atoms with Crippen molar-refractivity contribution < 1.29 is 14.0 Å². The highest BCUT2D eigenvalue weighted by molar-refractivity contribution is 7.99. The zero-order valence-electron chi connectivity index (χ0n) is 21.4. The standard InChI is InChI=1S/C29H30Cl3FN2O2S/c1-29(2,3)34-28(37)26(15-19-9-5-4-6-10-19)35(16-20-22(30)11-7-12-23(20)31)27(36)18-38-17-21-24(32)13-8-14-25(21)33/h4-14,26H,15-18H2,1-3H3,(H,34,37). The van der Waals surface area contributed by atoms with E-state index in [2.05, 4.69) is 5.32 Å². The van der Waals surface area contributed by atoms with Crippen LogP contribution >= 0.6 is 46.6 Å². The van der Waals surface area contributed by atoms with Crippen LogP contribution in [0.25, 0.3) is 0 Å². The molecule has 0 radical (unpaired) electrons. The lowest BCUT2D eigenvalue weighted by Gasteiger charge is -2.34. The van der Waals surface area contributed by atoms with E-state index < -0.39 is 17.4 Å². The fraction of sp³-hybridized carbons (Fsp3) is 0.310. The van der Waals surface area contributed by atoms with Gasteiger partial charge >= 0.3 is 0 Å². The third-order valence-corrected chi connectivity index (χ3v) is 7.70. The maximum atomic E-state index is 14.3. The quantitative estimate of drug-likeness (QED) is 0.263. The molecule has 38 heavy (non-hydrogen) atoms. The molecule has 0 aliphatic rings. The average molecular weight is 596 g/mol. The Bertz CT molecular complexity index is 1230. The van der Waals surface area contributed by atoms with Crippen LogP contribution in [-0.4, -0.2) is 34.0 Å². The second-order valence-corrected chi connectivity index (χ2v) is 12.1. The third kappa shape index (κ3) is 8.63. The van der Waals surface area contributed by atoms with Gasteiger partial charge in [0.1, 0.15) is 11.9 Å². The molecule has 0 fully saturated rings. The van der Waals surface area contributed by atoms with Gasteiger partial charge in [-0.05, 0) is 50.6 Å². The molecule has 4 nitrogen and oxygen atoms in total. The van der Waals surface area contributed by atoms with Gasteiger partial charge in [0.05, 0.1) is 5.75 Å². The molecule has 3 aromatic carbocycles. The van der Waals surface area contributed by atoms with Gasteiger partial charge in [0, 0.05) is 50.5 Å². The number of amides is 2. The molecule has 1 N–H and O–H groups in total. The molecule has 0 aliphatic carbocycles. The van der Waals surface area contributed by atoms with Gasteiger partial charge in [0.15, 0.2) is 0 Å². The average Bonchev–Trinajstić information content (AvgIpc) is 2.84. The summed E-state index contributed by atoms with van der Waals surface area (Å²) in [5.41, 5.74) is 1.27. The number of halogens is 4. The van der Waals surface area contributed by atoms with E-state index >= 15 is 0 Å². The normalized spacial score (nSPS) is 12.2. The Labute approximate surface area is 242 Å². The summed E-state index contributed by atoms with van der Waals surface area (Å²) >= 11 is 20.3. The minimum absolute atomic E-state index is 0.000816. The van der Waals surface area contributed by atoms with Crippen molar-refractivity contribution in [2.45, 2.75) is 51.1 Å². The molecule has 202 valence electrons. The first-order chi connectivity index (χ1) is 18.0. The van der Waals surface area contributed by atoms with Crippen molar-refractivity contribution in [2.75, 3.05) is 5.75 Å². The summed E-state index contributed by atoms with van der Waals surface area (Å²) < 4.78 is 14.3. The second kappa shape index (κ2) is 13.7. The summed E-state index contributed by atoms with van der Waals surface area (Å²) in [6.45, 7) is 5.69. The zero-order valence-corrected chi connectivity index (χ0v) is 24.5. The monoisotopic (exact) mass is 594 g/mol. The number of nitrogens with zero attached hydrogens (tertiary/aromatic N) is 1. The van der Waals surface area contributed by atoms with E-state index in [-0.39, 0.29) is 29.9 Å². The smallest absolute Gasteiger partial charge is 0.243 e. The summed E-state index contributed by atoms with van der Waals surface area (Å²) in [6, 6.07) is 18.3. The van der Waals surface area contributed by atoms with E-state index in [0.717, 1.165) is 5.56 Å². The van der Waals surface area contributed by atoms with Crippen LogP contribution < -0.4 is 5.32 Å². The summed E-state index contributed by atoms with van der Waals surface area (Å²) in [6.07, 6.45) is 0.292. The zero-order chi connectivity index (χ0) is 27.9. The van der Waals surface area contributed by atoms with Crippen molar-refractivity contribution in [3.63, 3.8) is 0 Å². The van der Waals surface area contributed by atoms with Crippen LogP contribution in [0.1, 0.15) is 37.5 Å². The molecule has 0 saturated heterocycles. The molecular formula is C29H30Cl3FN2O2S. The number of benzene rings is 3. The van der Waals surface area contributed by atoms with E-state index in [0.29, 0.717) is 32.6 Å². The molecule has 1 atom stereocenters. The van der Waals surface area contributed by atoms with Crippen molar-refractivity contribution in [2.24, 2.45) is 0 Å². The lowest BCUT2D eigenvalue weighted by molar-refractivity contribution is -0.140. The van der Waals surface area contributed by atoms with Gasteiger partial charge in [0.2, 0.25) is 11.8 Å². The molecule has 0 heterocycles. The Hall–Kier alpha value is -2.25. The van der Waals surface area contributed by atoms with Crippen LogP contribution in [0.4, 0.5) is 4.39 Å². The van der Waals surface area contributed by atoms with E-state index in [1.165, 1.54) is 28.8 Å². The van der Waals surface area contributed by atoms with Gasteiger partial charge in [-0.1, -0.05) is 77.3 Å². The van der Waals surface area contributed by atoms with Gasteiger partial charge in [-0.15, -0.1) is 11.8 Å². The number of hydrogen-bond donors (Lipinski definition) is 1. The molecule has 3 rings (SSSR count). The maximum absolute atomic E-state index is 14.3. The molecule has 9 heteroatoms. The first-order valence-corrected chi connectivity index (χ1v) is 14.3. The van der Waals surface area contributed by atoms with Crippen molar-refractivity contribution in [1.82, 2.24) is 10.2 Å². The van der Waals surface area contributed by atoms with E-state index in [9.17, 15) is 14.0 Å². The van der Waals surface area contributed by atoms with Crippen LogP contribution in [-0.2, 0) is 28.3 Å². The fourth-order valence-corrected chi connectivity index (χ4v) is 5.62. The van der Waals surface area contributed by atoms with Crippen LogP contribution in [0.3, 0.4) is 0 Å². The largest absolute Gasteiger partial charge is 0.350 e. The van der Waals surface area contributed by atoms with Gasteiger partial charge < -0.3 is 10.2 Å². The minimum atomic E-state index is -0.839. The summed E-state index contributed by atoms with van der Waals surface area (Å²) in [5.74, 6) is -0.817. The van der Waals surface area contributed by atoms with E-state index in [1.807, 2.05) is 51.1 Å². The molecular weight excluding hydrogens is 566 g/mol. The first kappa shape index (κ1) is 30.3. The Morgan fingerprint density at radius 2 is 1.47 bits per heavy atom. The minimum Gasteiger partial charge on any atom is -0.350 e. The molecule has 0 bridgehead atoms. The maximum Gasteiger partial charge on any atom is 0.243 e. The Morgan fingerprint density at radius 1 is 0.895 bits per heavy atom. The Kier molecular flexibility index (Phi) is 10.9. The van der Waals surface area contributed by atoms with Crippen molar-refractivity contribution in [3.05, 3.63) is 104 Å². The number of thioether (sulfide) groups is 1. The predicted octanol–water partition coefficient (Wildman–Crippen LogP) is 7.57. The highest BCUT2D eigenvalue weighted by Gasteiger charge is 2.33. The van der Waals surface area contributed by atoms with Crippen LogP contribution in [0.2, 0.25) is 15.1 Å². The molecule has 3 aromatic rings. The summed E-state index contributed by atoms with van der Waals surface area (Å²) in [5, 5.41) is 4.11. The molecule has 0 aromatic heterocycles. The molecule has 0 saturated carbocycles. The number of hydrogen-bond acceptors (Lipinski definition) is 3. The lowest BCUT2D eigenvalue weighted by Crippen LogP contribution is -2.54. The highest BCUT2D eigenvalue weighted by atomic mass is 35.5. The van der Waals surface area contributed by atoms with Crippen LogP contribution in [0.5, 0.6) is 0 Å². The highest BCUT2D eigenvalue weighted by Crippen LogP contribution is 2.29. The number of nitrogens with one attached hydrogen (secondary N) is 1. The number of carbonyl (C=O) groups excluding carboxylic acids is 2. The SMILES string of the molecule is CC(C)(C)NC(=O)C(Cc1ccccc1)N(Cc1c(Cl)cccc1Cl)C(=O)CSCc1c(F)cccc1Cl. The topological polar surface area (TPSA) is 49.4 Å². The van der Waals surface area contributed by atoms with Crippen molar-refractivity contribution in [1.29, 1.82) is 0 Å². The Balaban J connectivity index is 1.94. The van der Waals surface area contributed by atoms with E-state index in [1.54, 1.807) is 24.3 Å². The second-order valence-electron chi connectivity index (χ2n) is 9.86. The predicted molar refractivity (Wildman–Crippen MR) is 156 cm³/mol. The molecule has 1 unspecified atom stereocenters. The number of carbonyl (C=O) groups is 2. The van der Waals surface area contributed by atoms with Crippen molar-refractivity contribution >= 4 is 58.4 Å². The van der Waals surface area contributed by atoms with Crippen molar-refractivity contribution in [3.8, 4) is 0 Å². The third-order valence-electron chi connectivity index (χ3n) is 5.69. The summed E-state index contributed by atoms with van der Waals surface area (Å²) in [4.78, 5) is 28.9. The van der Waals surface area contributed by atoms with Gasteiger partial charge in [-0.3, -0.25) is 9.59 Å². The molecule has 0 spiro atoms. The first-order valence-electron chi connectivity index (χ1n) is 12.0. The lowest BCUT2D eigenvalue weighted by atomic mass is 10.0. The fourth-order valence-electron chi connectivity index (χ4n) is 3.85. The van der Waals surface area contributed by atoms with Gasteiger partial charge in [-0.25, -0.2) is 4.39 Å². The van der Waals surface area contributed by atoms with Crippen LogP contribution in [0.15, 0.2) is 66.7 Å². The molecule has 0 aliphatic heterocycles. The Morgan fingerprint density at radius 3 is 2.05 bits per heavy atom. The van der Waals surface area contributed by atoms with Gasteiger partial charge in [-0.2, -0.15) is 0 Å². The van der Waals surface area contributed by atoms with Gasteiger partial charge in [0.25, 0.3) is 0 Å². The number of rotatable bonds is 10. The summed E-state index contributed by atoms with van der Waals surface area (Å²) in [7, 11) is 0. The van der Waals surface area contributed by atoms with Crippen LogP contribution in [0, 0.1) is 5.82 Å².